The van der Waals surface area contributed by atoms with Crippen LogP contribution in [0.25, 0.3) is 0 Å². The molecule has 0 aromatic heterocycles. The molecule has 2 aliphatic heterocycles. The van der Waals surface area contributed by atoms with Crippen molar-refractivity contribution in [2.75, 3.05) is 33.7 Å². The van der Waals surface area contributed by atoms with Gasteiger partial charge in [0, 0.05) is 32.6 Å². The normalized spacial score (nSPS) is 22.2. The number of hydrogen-bond donors (Lipinski definition) is 1. The number of urea groups is 1. The first-order valence-electron chi connectivity index (χ1n) is 9.06. The van der Waals surface area contributed by atoms with Crippen molar-refractivity contribution in [3.8, 4) is 0 Å². The average molecular weight is 344 g/mol. The lowest BCUT2D eigenvalue weighted by Gasteiger charge is -2.35. The zero-order chi connectivity index (χ0) is 17.8. The van der Waals surface area contributed by atoms with E-state index in [4.69, 9.17) is 0 Å². The maximum absolute atomic E-state index is 12.5. The van der Waals surface area contributed by atoms with Crippen molar-refractivity contribution in [3.05, 3.63) is 35.9 Å². The van der Waals surface area contributed by atoms with Crippen LogP contribution in [0.4, 0.5) is 4.79 Å². The highest BCUT2D eigenvalue weighted by Gasteiger charge is 2.32. The summed E-state index contributed by atoms with van der Waals surface area (Å²) in [4.78, 5) is 30.7. The van der Waals surface area contributed by atoms with E-state index in [1.807, 2.05) is 47.2 Å². The van der Waals surface area contributed by atoms with Crippen molar-refractivity contribution in [1.82, 2.24) is 20.0 Å². The van der Waals surface area contributed by atoms with Crippen molar-refractivity contribution in [1.29, 1.82) is 0 Å². The van der Waals surface area contributed by atoms with E-state index < -0.39 is 0 Å². The van der Waals surface area contributed by atoms with Gasteiger partial charge in [-0.05, 0) is 38.5 Å². The molecule has 1 atom stereocenters. The lowest BCUT2D eigenvalue weighted by Crippen LogP contribution is -2.50. The summed E-state index contributed by atoms with van der Waals surface area (Å²) in [6, 6.07) is 10.1. The summed E-state index contributed by atoms with van der Waals surface area (Å²) in [7, 11) is 3.98. The third-order valence-electron chi connectivity index (χ3n) is 5.31. The van der Waals surface area contributed by atoms with E-state index in [9.17, 15) is 9.59 Å². The SMILES string of the molecule is CN1CCC(N(C)C(=O)NC2CC(=O)N(Cc3ccccc3)C2)CC1. The van der Waals surface area contributed by atoms with Gasteiger partial charge >= 0.3 is 6.03 Å². The Bertz CT molecular complexity index is 599. The number of carbonyl (C=O) groups is 2. The second kappa shape index (κ2) is 7.87. The molecule has 1 aromatic carbocycles. The highest BCUT2D eigenvalue weighted by molar-refractivity contribution is 5.81. The van der Waals surface area contributed by atoms with Crippen LogP contribution in [0.1, 0.15) is 24.8 Å². The number of nitrogens with one attached hydrogen (secondary N) is 1. The van der Waals surface area contributed by atoms with Gasteiger partial charge in [-0.2, -0.15) is 0 Å². The van der Waals surface area contributed by atoms with Crippen molar-refractivity contribution in [3.63, 3.8) is 0 Å². The minimum absolute atomic E-state index is 0.0612. The Balaban J connectivity index is 1.50. The number of amides is 3. The van der Waals surface area contributed by atoms with E-state index in [1.54, 1.807) is 0 Å². The molecule has 0 aliphatic carbocycles. The monoisotopic (exact) mass is 344 g/mol. The minimum Gasteiger partial charge on any atom is -0.336 e. The van der Waals surface area contributed by atoms with E-state index in [0.29, 0.717) is 19.5 Å². The van der Waals surface area contributed by atoms with Gasteiger partial charge in [0.05, 0.1) is 6.04 Å². The summed E-state index contributed by atoms with van der Waals surface area (Å²) in [6.07, 6.45) is 2.40. The van der Waals surface area contributed by atoms with Crippen LogP contribution < -0.4 is 5.32 Å². The number of nitrogens with zero attached hydrogens (tertiary/aromatic N) is 3. The van der Waals surface area contributed by atoms with Crippen LogP contribution >= 0.6 is 0 Å². The van der Waals surface area contributed by atoms with Gasteiger partial charge in [0.25, 0.3) is 0 Å². The Hall–Kier alpha value is -2.08. The molecule has 25 heavy (non-hydrogen) atoms. The molecule has 6 nitrogen and oxygen atoms in total. The summed E-state index contributed by atoms with van der Waals surface area (Å²) >= 11 is 0. The number of benzene rings is 1. The summed E-state index contributed by atoms with van der Waals surface area (Å²) in [5.74, 6) is 0.107. The fourth-order valence-corrected chi connectivity index (χ4v) is 3.65. The minimum atomic E-state index is -0.0996. The van der Waals surface area contributed by atoms with E-state index >= 15 is 0 Å². The zero-order valence-electron chi connectivity index (χ0n) is 15.1. The summed E-state index contributed by atoms with van der Waals surface area (Å²) in [5, 5.41) is 3.04. The number of piperidine rings is 1. The van der Waals surface area contributed by atoms with Gasteiger partial charge in [0.1, 0.15) is 0 Å². The largest absolute Gasteiger partial charge is 0.336 e. The molecule has 2 fully saturated rings. The Morgan fingerprint density at radius 1 is 1.24 bits per heavy atom. The van der Waals surface area contributed by atoms with E-state index in [-0.39, 0.29) is 24.0 Å². The molecule has 2 heterocycles. The van der Waals surface area contributed by atoms with E-state index in [1.165, 1.54) is 0 Å². The first-order valence-corrected chi connectivity index (χ1v) is 9.06. The summed E-state index contributed by atoms with van der Waals surface area (Å²) in [6.45, 7) is 3.24. The molecule has 0 bridgehead atoms. The van der Waals surface area contributed by atoms with Gasteiger partial charge in [-0.25, -0.2) is 4.79 Å². The van der Waals surface area contributed by atoms with E-state index in [2.05, 4.69) is 17.3 Å². The molecule has 2 saturated heterocycles. The molecule has 1 N–H and O–H groups in total. The van der Waals surface area contributed by atoms with Crippen LogP contribution in [-0.2, 0) is 11.3 Å². The van der Waals surface area contributed by atoms with Crippen LogP contribution in [0.3, 0.4) is 0 Å². The number of likely N-dealkylation sites (tertiary alicyclic amines) is 2. The van der Waals surface area contributed by atoms with Crippen LogP contribution in [-0.4, -0.2) is 72.5 Å². The van der Waals surface area contributed by atoms with Gasteiger partial charge in [0.2, 0.25) is 5.91 Å². The topological polar surface area (TPSA) is 55.9 Å². The maximum atomic E-state index is 12.5. The van der Waals surface area contributed by atoms with Crippen LogP contribution in [0.2, 0.25) is 0 Å². The molecule has 136 valence electrons. The Morgan fingerprint density at radius 2 is 1.92 bits per heavy atom. The van der Waals surface area contributed by atoms with Crippen LogP contribution in [0.5, 0.6) is 0 Å². The second-order valence-electron chi connectivity index (χ2n) is 7.26. The predicted octanol–water partition coefficient (Wildman–Crippen LogP) is 1.52. The Morgan fingerprint density at radius 3 is 2.60 bits per heavy atom. The Labute approximate surface area is 149 Å². The van der Waals surface area contributed by atoms with Gasteiger partial charge in [-0.3, -0.25) is 4.79 Å². The molecule has 0 saturated carbocycles. The molecular weight excluding hydrogens is 316 g/mol. The van der Waals surface area contributed by atoms with Crippen LogP contribution in [0.15, 0.2) is 30.3 Å². The predicted molar refractivity (Wildman–Crippen MR) is 97.1 cm³/mol. The summed E-state index contributed by atoms with van der Waals surface area (Å²) in [5.41, 5.74) is 1.12. The van der Waals surface area contributed by atoms with Gasteiger partial charge in [-0.1, -0.05) is 30.3 Å². The zero-order valence-corrected chi connectivity index (χ0v) is 15.1. The molecule has 1 unspecified atom stereocenters. The second-order valence-corrected chi connectivity index (χ2v) is 7.26. The van der Waals surface area contributed by atoms with E-state index in [0.717, 1.165) is 31.5 Å². The average Bonchev–Trinajstić information content (AvgIpc) is 2.95. The molecule has 6 heteroatoms. The maximum Gasteiger partial charge on any atom is 0.317 e. The van der Waals surface area contributed by atoms with Gasteiger partial charge in [-0.15, -0.1) is 0 Å². The quantitative estimate of drug-likeness (QED) is 0.901. The first-order chi connectivity index (χ1) is 12.0. The molecule has 3 rings (SSSR count). The van der Waals surface area contributed by atoms with Gasteiger partial charge < -0.3 is 20.0 Å². The third-order valence-corrected chi connectivity index (χ3v) is 5.31. The van der Waals surface area contributed by atoms with Crippen molar-refractivity contribution in [2.45, 2.75) is 37.9 Å². The number of hydrogen-bond acceptors (Lipinski definition) is 3. The molecule has 2 aliphatic rings. The molecule has 1 aromatic rings. The molecular formula is C19H28N4O2. The lowest BCUT2D eigenvalue weighted by atomic mass is 10.0. The standard InChI is InChI=1S/C19H28N4O2/c1-21-10-8-17(9-11-21)22(2)19(25)20-16-12-18(24)23(14-16)13-15-6-4-3-5-7-15/h3-7,16-17H,8-14H2,1-2H3,(H,20,25). The van der Waals surface area contributed by atoms with Crippen LogP contribution in [0, 0.1) is 0 Å². The number of rotatable bonds is 4. The Kier molecular flexibility index (Phi) is 5.58. The lowest BCUT2D eigenvalue weighted by molar-refractivity contribution is -0.128. The highest BCUT2D eigenvalue weighted by Crippen LogP contribution is 2.17. The smallest absolute Gasteiger partial charge is 0.317 e. The molecule has 0 radical (unpaired) electrons. The van der Waals surface area contributed by atoms with Gasteiger partial charge in [0.15, 0.2) is 0 Å². The fraction of sp³-hybridized carbons (Fsp3) is 0.579. The molecule has 3 amide bonds. The van der Waals surface area contributed by atoms with Crippen molar-refractivity contribution in [2.24, 2.45) is 0 Å². The van der Waals surface area contributed by atoms with Crippen molar-refractivity contribution >= 4 is 11.9 Å². The fourth-order valence-electron chi connectivity index (χ4n) is 3.65. The number of carbonyl (C=O) groups excluding carboxylic acids is 2. The van der Waals surface area contributed by atoms with Crippen molar-refractivity contribution < 1.29 is 9.59 Å². The molecule has 0 spiro atoms. The summed E-state index contributed by atoms with van der Waals surface area (Å²) < 4.78 is 0. The highest BCUT2D eigenvalue weighted by atomic mass is 16.2. The first kappa shape index (κ1) is 17.7. The third kappa shape index (κ3) is 4.51.